The molecule has 9 fully saturated rings. The van der Waals surface area contributed by atoms with Gasteiger partial charge >= 0.3 is 35.5 Å². The van der Waals surface area contributed by atoms with E-state index in [9.17, 15) is 58.5 Å². The van der Waals surface area contributed by atoms with Crippen LogP contribution >= 0.6 is 112 Å². The Morgan fingerprint density at radius 3 is 1.00 bits per heavy atom. The summed E-state index contributed by atoms with van der Waals surface area (Å²) in [5, 5.41) is 90.7. The average Bonchev–Trinajstić information content (AvgIpc) is 1.59. The first kappa shape index (κ1) is 103. The number of carboxylic acid groups (broad SMARTS) is 1. The van der Waals surface area contributed by atoms with Crippen molar-refractivity contribution >= 4 is 148 Å². The molecule has 26 nitrogen and oxygen atoms in total. The van der Waals surface area contributed by atoms with Gasteiger partial charge in [-0.05, 0) is 288 Å². The van der Waals surface area contributed by atoms with E-state index in [0.29, 0.717) is 173 Å². The second-order valence-electron chi connectivity index (χ2n) is 31.0. The third kappa shape index (κ3) is 29.9. The summed E-state index contributed by atoms with van der Waals surface area (Å²) in [6, 6.07) is 17.0. The zero-order chi connectivity index (χ0) is 85.4. The average molecular weight is 2140 g/mol. The second-order valence-corrected chi connectivity index (χ2v) is 38.7. The fraction of sp³-hybridized carbons (Fsp3) is 0.536. The molecular formula is C84H102BBr7N8NaO18S. The SMILES string of the molecule is Brc1cccnc1.CS(=O)(=O)OC1CCC(O)(c2ccncc2Br)CC1.N#CC1CCC(O)(c2ccncc2Br)CC1.O=C(O)C1CCC(O)(c2ccncc2Br)CC1.O=C1CCC(O)(c2ccncc2Br)CC1.O=C1CCC2(CC1)OCCO2.OC1(c2ccncc2Br)CCC2(CC1)OCCO2.OC1CCC(O)(c2ccncc2Br)CC1.[B].[H-].[Na+]. The van der Waals surface area contributed by atoms with Crippen molar-refractivity contribution in [2.24, 2.45) is 11.8 Å². The molecule has 16 rings (SSSR count). The molecule has 7 saturated carbocycles. The predicted octanol–water partition coefficient (Wildman–Crippen LogP) is 12.9. The zero-order valence-electron chi connectivity index (χ0n) is 68.0. The maximum Gasteiger partial charge on any atom is 1.00 e. The van der Waals surface area contributed by atoms with Crippen molar-refractivity contribution in [1.29, 1.82) is 5.26 Å². The number of aliphatic carboxylic acids is 1. The number of nitriles is 1. The van der Waals surface area contributed by atoms with Gasteiger partial charge in [0.25, 0.3) is 10.1 Å². The molecule has 645 valence electrons. The second kappa shape index (κ2) is 47.9. The molecule has 2 saturated heterocycles. The van der Waals surface area contributed by atoms with E-state index in [2.05, 4.69) is 152 Å². The van der Waals surface area contributed by atoms with E-state index in [-0.39, 0.29) is 75.0 Å². The van der Waals surface area contributed by atoms with E-state index in [0.717, 1.165) is 109 Å². The van der Waals surface area contributed by atoms with Crippen LogP contribution in [0.5, 0.6) is 0 Å². The number of aliphatic hydroxyl groups is 7. The zero-order valence-corrected chi connectivity index (χ0v) is 80.9. The molecule has 8 N–H and O–H groups in total. The summed E-state index contributed by atoms with van der Waals surface area (Å²) in [6.45, 7) is 2.71. The molecule has 9 heterocycles. The van der Waals surface area contributed by atoms with Gasteiger partial charge in [-0.25, -0.2) is 0 Å². The maximum absolute atomic E-state index is 11.1. The quantitative estimate of drug-likeness (QED) is 0.0491. The minimum Gasteiger partial charge on any atom is -1.00 e. The van der Waals surface area contributed by atoms with Crippen LogP contribution in [0.4, 0.5) is 0 Å². The smallest absolute Gasteiger partial charge is 1.00 e. The fourth-order valence-electron chi connectivity index (χ4n) is 16.0. The van der Waals surface area contributed by atoms with Crippen LogP contribution in [0, 0.1) is 23.2 Å². The molecule has 0 atom stereocenters. The number of ketones is 2. The van der Waals surface area contributed by atoms with Crippen LogP contribution in [-0.4, -0.2) is 167 Å². The number of carbonyl (C=O) groups is 3. The van der Waals surface area contributed by atoms with Crippen molar-refractivity contribution in [3.63, 3.8) is 0 Å². The summed E-state index contributed by atoms with van der Waals surface area (Å²) < 4.78 is 55.3. The predicted molar refractivity (Wildman–Crippen MR) is 468 cm³/mol. The van der Waals surface area contributed by atoms with E-state index in [1.54, 1.807) is 105 Å². The first-order valence-corrected chi connectivity index (χ1v) is 46.7. The standard InChI is InChI=1S/C13H16BrNO3.C12H13BrN2O.C12H16BrNO4S.C12H14BrNO3.C11H14BrNO2.C11H12BrNO2.C8H12O3.C5H4BrN.B.Na.H/c14-11-9-15-6-1-10(11)12(16)2-4-13(5-3-12)17-7-8-18-13;13-11-8-15-6-3-10(11)12(16)4-1-9(7-14)2-5-12;1-19(16,17)18-9-2-5-12(15,6-3-9)10-4-7-14-8-11(10)13;13-10-7-14-6-3-9(10)12(17)4-1-8(2-5-12)11(15)16;2*12-10-7-13-6-3-9(10)11(15)4-1-8(14)2-5-11;9-7-1-3-8(4-2-7)10-5-6-11-8;6-5-2-1-3-7-4-5;;;/h1,6,9,16H,2-5,7-8H2;3,6,8-9,16H,1-2,4-5H2;4,7-9,15H,2-3,5-6H2,1H3;3,6-8,17H,1-2,4-5H2,(H,15,16);3,6-8,14-15H,1-2,4-5H2;3,6-7,15H,1-2,4-5H2;1-6H2;1-4H;;;/q;;;;;;;;;+1;-1. The van der Waals surface area contributed by atoms with Crippen molar-refractivity contribution in [2.75, 3.05) is 32.7 Å². The van der Waals surface area contributed by atoms with Crippen molar-refractivity contribution in [3.8, 4) is 6.07 Å². The van der Waals surface area contributed by atoms with Gasteiger partial charge in [0.1, 0.15) is 11.6 Å². The minimum absolute atomic E-state index is 0. The van der Waals surface area contributed by atoms with Crippen LogP contribution in [0.1, 0.15) is 215 Å². The molecule has 0 unspecified atom stereocenters. The molecule has 2 aliphatic heterocycles. The Labute approximate surface area is 785 Å². The van der Waals surface area contributed by atoms with Crippen LogP contribution in [-0.2, 0) is 81.2 Å². The summed E-state index contributed by atoms with van der Waals surface area (Å²) in [7, 11) is -3.43. The Balaban J connectivity index is 0.000000216. The summed E-state index contributed by atoms with van der Waals surface area (Å²) in [4.78, 5) is 60.6. The molecule has 120 heavy (non-hydrogen) atoms. The van der Waals surface area contributed by atoms with Crippen molar-refractivity contribution in [2.45, 2.75) is 237 Å². The van der Waals surface area contributed by atoms with E-state index in [1.807, 2.05) is 30.3 Å². The molecule has 7 aliphatic carbocycles. The van der Waals surface area contributed by atoms with Gasteiger partial charge in [-0.3, -0.25) is 53.5 Å². The van der Waals surface area contributed by atoms with E-state index < -0.39 is 55.5 Å². The van der Waals surface area contributed by atoms with Gasteiger partial charge in [0, 0.05) is 217 Å². The first-order chi connectivity index (χ1) is 56.1. The number of carboxylic acids is 1. The molecule has 7 aromatic rings. The molecular weight excluding hydrogens is 2030 g/mol. The molecule has 0 amide bonds. The number of pyridine rings is 7. The maximum atomic E-state index is 11.1. The van der Waals surface area contributed by atoms with Gasteiger partial charge in [0.2, 0.25) is 0 Å². The van der Waals surface area contributed by atoms with E-state index >= 15 is 0 Å². The molecule has 7 aromatic heterocycles. The van der Waals surface area contributed by atoms with Gasteiger partial charge in [-0.1, -0.05) is 0 Å². The van der Waals surface area contributed by atoms with Gasteiger partial charge in [0.05, 0.1) is 90.5 Å². The number of carbonyl (C=O) groups excluding carboxylic acids is 2. The molecule has 2 spiro atoms. The summed E-state index contributed by atoms with van der Waals surface area (Å²) in [6.07, 6.45) is 40.8. The number of hydrogen-bond acceptors (Lipinski definition) is 25. The third-order valence-electron chi connectivity index (χ3n) is 22.9. The monoisotopic (exact) mass is 2130 g/mol. The number of halogens is 7. The van der Waals surface area contributed by atoms with E-state index in [4.69, 9.17) is 33.5 Å². The summed E-state index contributed by atoms with van der Waals surface area (Å²) in [5.41, 5.74) is -0.0312. The number of hydrogen-bond donors (Lipinski definition) is 8. The molecule has 0 bridgehead atoms. The third-order valence-corrected chi connectivity index (χ3v) is 27.8. The topological polar surface area (TPSA) is 407 Å². The minimum atomic E-state index is -3.43. The Morgan fingerprint density at radius 1 is 0.433 bits per heavy atom. The Hall–Kier alpha value is -3.76. The summed E-state index contributed by atoms with van der Waals surface area (Å²) in [5.74, 6) is -1.21. The number of ether oxygens (including phenoxy) is 4. The van der Waals surface area contributed by atoms with Crippen LogP contribution in [0.2, 0.25) is 0 Å². The largest absolute Gasteiger partial charge is 1.00 e. The first-order valence-electron chi connectivity index (χ1n) is 39.3. The number of aromatic nitrogens is 7. The van der Waals surface area contributed by atoms with Crippen LogP contribution in [0.25, 0.3) is 0 Å². The number of rotatable bonds is 9. The Bertz CT molecular complexity index is 4570. The van der Waals surface area contributed by atoms with Gasteiger partial charge in [-0.15, -0.1) is 0 Å². The van der Waals surface area contributed by atoms with Crippen LogP contribution in [0.15, 0.2) is 167 Å². The van der Waals surface area contributed by atoms with Gasteiger partial charge < -0.3 is 61.2 Å². The van der Waals surface area contributed by atoms with Gasteiger partial charge in [0.15, 0.2) is 11.6 Å². The van der Waals surface area contributed by atoms with Crippen molar-refractivity contribution < 1.29 is 118 Å². The summed E-state index contributed by atoms with van der Waals surface area (Å²) >= 11 is 23.6. The van der Waals surface area contributed by atoms with Crippen molar-refractivity contribution in [3.05, 3.63) is 200 Å². The molecule has 36 heteroatoms. The van der Waals surface area contributed by atoms with Crippen molar-refractivity contribution in [1.82, 2.24) is 34.9 Å². The number of aliphatic hydroxyl groups excluding tert-OH is 1. The van der Waals surface area contributed by atoms with E-state index in [1.165, 1.54) is 0 Å². The fourth-order valence-corrected chi connectivity index (χ4v) is 20.7. The number of nitrogens with zero attached hydrogens (tertiary/aromatic N) is 8. The molecule has 3 radical (unpaired) electrons. The molecule has 9 aliphatic rings. The normalized spacial score (nSPS) is 26.1. The van der Waals surface area contributed by atoms with Crippen LogP contribution < -0.4 is 29.6 Å². The van der Waals surface area contributed by atoms with Gasteiger partial charge in [-0.2, -0.15) is 13.7 Å². The Kier molecular flexibility index (Phi) is 41.2. The molecule has 0 aromatic carbocycles. The Morgan fingerprint density at radius 2 is 0.717 bits per heavy atom. The van der Waals surface area contributed by atoms with Crippen LogP contribution in [0.3, 0.4) is 0 Å². The number of Topliss-reactive ketones (excluding diaryl/α,β-unsaturated/α-hetero) is 2.